The van der Waals surface area contributed by atoms with Crippen LogP contribution in [-0.4, -0.2) is 12.2 Å². The maximum Gasteiger partial charge on any atom is 0.119 e. The lowest BCUT2D eigenvalue weighted by atomic mass is 9.85. The van der Waals surface area contributed by atoms with Crippen LogP contribution in [0.2, 0.25) is 0 Å². The van der Waals surface area contributed by atoms with Crippen LogP contribution >= 0.6 is 0 Å². The molecule has 0 aromatic heterocycles. The van der Waals surface area contributed by atoms with E-state index in [2.05, 4.69) is 19.9 Å². The Morgan fingerprint density at radius 3 is 2.73 bits per heavy atom. The maximum absolute atomic E-state index is 10.6. The van der Waals surface area contributed by atoms with Gasteiger partial charge in [-0.1, -0.05) is 19.9 Å². The van der Waals surface area contributed by atoms with Gasteiger partial charge in [0, 0.05) is 0 Å². The molecule has 1 aromatic rings. The highest BCUT2D eigenvalue weighted by atomic mass is 16.5. The van der Waals surface area contributed by atoms with Crippen LogP contribution in [0.3, 0.4) is 0 Å². The fraction of sp³-hybridized carbons (Fsp3) is 0.538. The van der Waals surface area contributed by atoms with Crippen LogP contribution in [0, 0.1) is 5.92 Å². The summed E-state index contributed by atoms with van der Waals surface area (Å²) in [6.45, 7) is 4.13. The molecule has 0 radical (unpaired) electrons. The van der Waals surface area contributed by atoms with E-state index in [0.29, 0.717) is 0 Å². The zero-order chi connectivity index (χ0) is 11.1. The fourth-order valence-corrected chi connectivity index (χ4v) is 2.36. The first-order valence-corrected chi connectivity index (χ1v) is 5.47. The Morgan fingerprint density at radius 1 is 1.40 bits per heavy atom. The van der Waals surface area contributed by atoms with Crippen molar-refractivity contribution in [1.29, 1.82) is 0 Å². The molecular formula is C13H18O2. The van der Waals surface area contributed by atoms with Gasteiger partial charge in [0.2, 0.25) is 0 Å². The van der Waals surface area contributed by atoms with Crippen molar-refractivity contribution >= 4 is 0 Å². The molecule has 0 saturated heterocycles. The second-order valence-electron chi connectivity index (χ2n) is 4.60. The molecule has 0 spiro atoms. The number of fused-ring (bicyclic) bond motifs is 1. The van der Waals surface area contributed by atoms with E-state index in [1.807, 2.05) is 12.1 Å². The van der Waals surface area contributed by atoms with E-state index in [1.54, 1.807) is 7.11 Å². The van der Waals surface area contributed by atoms with E-state index >= 15 is 0 Å². The standard InChI is InChI=1S/C13H18O2/c1-9(2)13(14)7-6-10-4-5-11(15-3)8-12(10)13/h4-5,8-9,14H,6-7H2,1-3H3. The molecule has 0 bridgehead atoms. The number of aryl methyl sites for hydroxylation is 1. The SMILES string of the molecule is COc1ccc2c(c1)C(O)(C(C)C)CC2. The summed E-state index contributed by atoms with van der Waals surface area (Å²) in [5.74, 6) is 1.07. The average molecular weight is 206 g/mol. The molecule has 0 fully saturated rings. The zero-order valence-corrected chi connectivity index (χ0v) is 9.58. The van der Waals surface area contributed by atoms with Crippen LogP contribution in [0.5, 0.6) is 5.75 Å². The Hall–Kier alpha value is -1.02. The van der Waals surface area contributed by atoms with Crippen LogP contribution in [0.1, 0.15) is 31.4 Å². The highest BCUT2D eigenvalue weighted by molar-refractivity contribution is 5.43. The number of methoxy groups -OCH3 is 1. The second-order valence-corrected chi connectivity index (χ2v) is 4.60. The summed E-state index contributed by atoms with van der Waals surface area (Å²) in [5.41, 5.74) is 1.65. The van der Waals surface area contributed by atoms with Crippen molar-refractivity contribution in [2.24, 2.45) is 5.92 Å². The number of ether oxygens (including phenoxy) is 1. The van der Waals surface area contributed by atoms with Gasteiger partial charge >= 0.3 is 0 Å². The zero-order valence-electron chi connectivity index (χ0n) is 9.58. The lowest BCUT2D eigenvalue weighted by Gasteiger charge is -2.28. The molecule has 0 aliphatic heterocycles. The van der Waals surface area contributed by atoms with Crippen molar-refractivity contribution in [3.8, 4) is 5.75 Å². The van der Waals surface area contributed by atoms with Crippen LogP contribution < -0.4 is 4.74 Å². The Kier molecular flexibility index (Phi) is 2.47. The number of hydrogen-bond donors (Lipinski definition) is 1. The predicted octanol–water partition coefficient (Wildman–Crippen LogP) is 2.49. The Morgan fingerprint density at radius 2 is 2.13 bits per heavy atom. The van der Waals surface area contributed by atoms with E-state index in [0.717, 1.165) is 24.2 Å². The molecule has 1 atom stereocenters. The van der Waals surface area contributed by atoms with Gasteiger partial charge in [0.15, 0.2) is 0 Å². The third-order valence-corrected chi connectivity index (χ3v) is 3.51. The average Bonchev–Trinajstić information content (AvgIpc) is 2.57. The molecule has 1 aromatic carbocycles. The Balaban J connectivity index is 2.48. The molecule has 2 rings (SSSR count). The van der Waals surface area contributed by atoms with E-state index in [1.165, 1.54) is 5.56 Å². The molecule has 1 unspecified atom stereocenters. The quantitative estimate of drug-likeness (QED) is 0.805. The lowest BCUT2D eigenvalue weighted by Crippen LogP contribution is -2.28. The van der Waals surface area contributed by atoms with Crippen molar-refractivity contribution in [1.82, 2.24) is 0 Å². The summed E-state index contributed by atoms with van der Waals surface area (Å²) in [5, 5.41) is 10.6. The van der Waals surface area contributed by atoms with E-state index in [9.17, 15) is 5.11 Å². The number of aliphatic hydroxyl groups is 1. The monoisotopic (exact) mass is 206 g/mol. The first-order valence-electron chi connectivity index (χ1n) is 5.47. The normalized spacial score (nSPS) is 24.3. The fourth-order valence-electron chi connectivity index (χ4n) is 2.36. The first kappa shape index (κ1) is 10.5. The van der Waals surface area contributed by atoms with Crippen LogP contribution in [0.4, 0.5) is 0 Å². The highest BCUT2D eigenvalue weighted by Gasteiger charge is 2.39. The van der Waals surface area contributed by atoms with Gasteiger partial charge in [0.1, 0.15) is 5.75 Å². The minimum Gasteiger partial charge on any atom is -0.497 e. The van der Waals surface area contributed by atoms with Gasteiger partial charge < -0.3 is 9.84 Å². The van der Waals surface area contributed by atoms with E-state index in [4.69, 9.17) is 4.74 Å². The Bertz CT molecular complexity index is 371. The molecule has 15 heavy (non-hydrogen) atoms. The summed E-state index contributed by atoms with van der Waals surface area (Å²) >= 11 is 0. The summed E-state index contributed by atoms with van der Waals surface area (Å²) in [7, 11) is 1.66. The third-order valence-electron chi connectivity index (χ3n) is 3.51. The molecule has 2 nitrogen and oxygen atoms in total. The van der Waals surface area contributed by atoms with Gasteiger partial charge in [0.25, 0.3) is 0 Å². The molecule has 2 heteroatoms. The van der Waals surface area contributed by atoms with Crippen molar-refractivity contribution in [2.45, 2.75) is 32.3 Å². The molecule has 82 valence electrons. The smallest absolute Gasteiger partial charge is 0.119 e. The summed E-state index contributed by atoms with van der Waals surface area (Å²) in [4.78, 5) is 0. The van der Waals surface area contributed by atoms with Gasteiger partial charge in [-0.2, -0.15) is 0 Å². The van der Waals surface area contributed by atoms with Gasteiger partial charge in [-0.3, -0.25) is 0 Å². The maximum atomic E-state index is 10.6. The van der Waals surface area contributed by atoms with Gasteiger partial charge in [-0.25, -0.2) is 0 Å². The number of hydrogen-bond acceptors (Lipinski definition) is 2. The van der Waals surface area contributed by atoms with Crippen molar-refractivity contribution in [3.05, 3.63) is 29.3 Å². The summed E-state index contributed by atoms with van der Waals surface area (Å²) in [6.07, 6.45) is 1.79. The number of rotatable bonds is 2. The van der Waals surface area contributed by atoms with Crippen LogP contribution in [0.25, 0.3) is 0 Å². The summed E-state index contributed by atoms with van der Waals surface area (Å²) in [6, 6.07) is 6.00. The molecule has 1 aliphatic rings. The topological polar surface area (TPSA) is 29.5 Å². The van der Waals surface area contributed by atoms with Gasteiger partial charge in [0.05, 0.1) is 12.7 Å². The lowest BCUT2D eigenvalue weighted by molar-refractivity contribution is -0.00831. The van der Waals surface area contributed by atoms with Gasteiger partial charge in [-0.15, -0.1) is 0 Å². The van der Waals surface area contributed by atoms with Gasteiger partial charge in [-0.05, 0) is 42.0 Å². The molecule has 0 amide bonds. The number of benzene rings is 1. The van der Waals surface area contributed by atoms with E-state index in [-0.39, 0.29) is 5.92 Å². The Labute approximate surface area is 90.9 Å². The molecular weight excluding hydrogens is 188 g/mol. The molecule has 1 N–H and O–H groups in total. The van der Waals surface area contributed by atoms with Crippen molar-refractivity contribution in [3.63, 3.8) is 0 Å². The molecule has 0 heterocycles. The molecule has 0 saturated carbocycles. The van der Waals surface area contributed by atoms with E-state index < -0.39 is 5.60 Å². The largest absolute Gasteiger partial charge is 0.497 e. The minimum atomic E-state index is -0.663. The first-order chi connectivity index (χ1) is 7.08. The molecule has 1 aliphatic carbocycles. The second kappa shape index (κ2) is 3.53. The highest BCUT2D eigenvalue weighted by Crippen LogP contribution is 2.43. The van der Waals surface area contributed by atoms with Crippen molar-refractivity contribution in [2.75, 3.05) is 7.11 Å². The van der Waals surface area contributed by atoms with Crippen LogP contribution in [0.15, 0.2) is 18.2 Å². The van der Waals surface area contributed by atoms with Crippen LogP contribution in [-0.2, 0) is 12.0 Å². The van der Waals surface area contributed by atoms with Crippen molar-refractivity contribution < 1.29 is 9.84 Å². The predicted molar refractivity (Wildman–Crippen MR) is 60.0 cm³/mol. The third kappa shape index (κ3) is 1.53. The summed E-state index contributed by atoms with van der Waals surface area (Å²) < 4.78 is 5.20. The minimum absolute atomic E-state index is 0.242.